The lowest BCUT2D eigenvalue weighted by atomic mass is 10.1. The molecule has 1 aromatic rings. The van der Waals surface area contributed by atoms with Gasteiger partial charge in [-0.05, 0) is 19.9 Å². The van der Waals surface area contributed by atoms with Crippen LogP contribution in [0.3, 0.4) is 0 Å². The van der Waals surface area contributed by atoms with E-state index >= 15 is 0 Å². The van der Waals surface area contributed by atoms with Crippen LogP contribution < -0.4 is 0 Å². The van der Waals surface area contributed by atoms with Gasteiger partial charge in [-0.2, -0.15) is 0 Å². The molecule has 0 fully saturated rings. The van der Waals surface area contributed by atoms with Crippen LogP contribution in [-0.4, -0.2) is 40.0 Å². The number of carbonyl (C=O) groups excluding carboxylic acids is 1. The number of amides is 1. The van der Waals surface area contributed by atoms with E-state index in [1.54, 1.807) is 0 Å². The number of aliphatic hydroxyl groups excluding tert-OH is 1. The van der Waals surface area contributed by atoms with Gasteiger partial charge in [0.25, 0.3) is 11.6 Å². The Morgan fingerprint density at radius 1 is 1.50 bits per heavy atom. The number of hydrogen-bond donors (Lipinski definition) is 1. The third-order valence-corrected chi connectivity index (χ3v) is 2.53. The Kier molecular flexibility index (Phi) is 4.79. The molecule has 18 heavy (non-hydrogen) atoms. The van der Waals surface area contributed by atoms with Crippen LogP contribution in [0.5, 0.6) is 0 Å². The molecule has 0 heterocycles. The molecule has 1 N–H and O–H groups in total. The van der Waals surface area contributed by atoms with Crippen molar-refractivity contribution in [2.24, 2.45) is 0 Å². The highest BCUT2D eigenvalue weighted by molar-refractivity contribution is 5.95. The van der Waals surface area contributed by atoms with Crippen LogP contribution in [0.2, 0.25) is 0 Å². The molecule has 6 nitrogen and oxygen atoms in total. The molecule has 98 valence electrons. The minimum absolute atomic E-state index is 0.0797. The molecular weight excluding hydrogens is 236 g/mol. The smallest absolute Gasteiger partial charge is 0.270 e. The minimum atomic E-state index is -0.539. The SMILES string of the molecule is CC(C)N(CCO)C(=O)c1cccc([N+](=O)[O-])c1. The highest BCUT2D eigenvalue weighted by Crippen LogP contribution is 2.15. The molecule has 0 saturated carbocycles. The first-order chi connectivity index (χ1) is 8.47. The molecule has 1 rings (SSSR count). The maximum Gasteiger partial charge on any atom is 0.270 e. The van der Waals surface area contributed by atoms with Crippen molar-refractivity contribution in [2.45, 2.75) is 19.9 Å². The topological polar surface area (TPSA) is 83.7 Å². The monoisotopic (exact) mass is 252 g/mol. The van der Waals surface area contributed by atoms with E-state index < -0.39 is 4.92 Å². The molecule has 0 spiro atoms. The van der Waals surface area contributed by atoms with Gasteiger partial charge in [0, 0.05) is 30.3 Å². The molecular formula is C12H16N2O4. The van der Waals surface area contributed by atoms with Gasteiger partial charge < -0.3 is 10.0 Å². The fourth-order valence-electron chi connectivity index (χ4n) is 1.62. The fourth-order valence-corrected chi connectivity index (χ4v) is 1.62. The van der Waals surface area contributed by atoms with Crippen molar-refractivity contribution in [3.63, 3.8) is 0 Å². The van der Waals surface area contributed by atoms with E-state index in [-0.39, 0.29) is 36.4 Å². The van der Waals surface area contributed by atoms with Crippen LogP contribution in [0.15, 0.2) is 24.3 Å². The van der Waals surface area contributed by atoms with E-state index in [4.69, 9.17) is 5.11 Å². The van der Waals surface area contributed by atoms with Crippen LogP contribution in [0.1, 0.15) is 24.2 Å². The summed E-state index contributed by atoms with van der Waals surface area (Å²) in [7, 11) is 0. The maximum absolute atomic E-state index is 12.1. The van der Waals surface area contributed by atoms with Crippen molar-refractivity contribution in [3.8, 4) is 0 Å². The largest absolute Gasteiger partial charge is 0.395 e. The summed E-state index contributed by atoms with van der Waals surface area (Å²) in [5.41, 5.74) is 0.139. The van der Waals surface area contributed by atoms with Gasteiger partial charge in [-0.15, -0.1) is 0 Å². The lowest BCUT2D eigenvalue weighted by Gasteiger charge is -2.25. The number of non-ortho nitro benzene ring substituents is 1. The second kappa shape index (κ2) is 6.11. The number of hydrogen-bond acceptors (Lipinski definition) is 4. The number of aliphatic hydroxyl groups is 1. The number of nitro benzene ring substituents is 1. The van der Waals surface area contributed by atoms with Gasteiger partial charge in [-0.3, -0.25) is 14.9 Å². The van der Waals surface area contributed by atoms with Crippen LogP contribution in [-0.2, 0) is 0 Å². The zero-order chi connectivity index (χ0) is 13.7. The molecule has 0 atom stereocenters. The number of nitrogens with zero attached hydrogens (tertiary/aromatic N) is 2. The molecule has 0 bridgehead atoms. The average Bonchev–Trinajstić information content (AvgIpc) is 2.35. The summed E-state index contributed by atoms with van der Waals surface area (Å²) >= 11 is 0. The van der Waals surface area contributed by atoms with Crippen LogP contribution in [0.25, 0.3) is 0 Å². The van der Waals surface area contributed by atoms with Gasteiger partial charge in [-0.25, -0.2) is 0 Å². The lowest BCUT2D eigenvalue weighted by molar-refractivity contribution is -0.384. The van der Waals surface area contributed by atoms with E-state index in [9.17, 15) is 14.9 Å². The van der Waals surface area contributed by atoms with Crippen molar-refractivity contribution >= 4 is 11.6 Å². The Hall–Kier alpha value is -1.95. The molecule has 0 aliphatic rings. The van der Waals surface area contributed by atoms with Crippen molar-refractivity contribution in [1.82, 2.24) is 4.90 Å². The van der Waals surface area contributed by atoms with E-state index in [0.717, 1.165) is 0 Å². The third kappa shape index (κ3) is 3.27. The van der Waals surface area contributed by atoms with Gasteiger partial charge >= 0.3 is 0 Å². The highest BCUT2D eigenvalue weighted by atomic mass is 16.6. The second-order valence-electron chi connectivity index (χ2n) is 4.12. The lowest BCUT2D eigenvalue weighted by Crippen LogP contribution is -2.39. The molecule has 0 saturated heterocycles. The highest BCUT2D eigenvalue weighted by Gasteiger charge is 2.19. The molecule has 1 aromatic carbocycles. The predicted molar refractivity (Wildman–Crippen MR) is 66.4 cm³/mol. The van der Waals surface area contributed by atoms with Crippen LogP contribution >= 0.6 is 0 Å². The first-order valence-corrected chi connectivity index (χ1v) is 5.63. The molecule has 0 aliphatic carbocycles. The zero-order valence-electron chi connectivity index (χ0n) is 10.4. The quantitative estimate of drug-likeness (QED) is 0.634. The Balaban J connectivity index is 3.01. The number of benzene rings is 1. The normalized spacial score (nSPS) is 10.4. The van der Waals surface area contributed by atoms with E-state index in [1.807, 2.05) is 13.8 Å². The van der Waals surface area contributed by atoms with Crippen molar-refractivity contribution in [1.29, 1.82) is 0 Å². The summed E-state index contributed by atoms with van der Waals surface area (Å²) in [5.74, 6) is -0.317. The first-order valence-electron chi connectivity index (χ1n) is 5.63. The average molecular weight is 252 g/mol. The predicted octanol–water partition coefficient (Wildman–Crippen LogP) is 1.44. The molecule has 6 heteroatoms. The number of nitro groups is 1. The molecule has 0 radical (unpaired) electrons. The first kappa shape index (κ1) is 14.1. The van der Waals surface area contributed by atoms with Gasteiger partial charge in [-0.1, -0.05) is 6.07 Å². The summed E-state index contributed by atoms with van der Waals surface area (Å²) in [6.07, 6.45) is 0. The minimum Gasteiger partial charge on any atom is -0.395 e. The molecule has 0 unspecified atom stereocenters. The van der Waals surface area contributed by atoms with Crippen LogP contribution in [0.4, 0.5) is 5.69 Å². The maximum atomic E-state index is 12.1. The van der Waals surface area contributed by atoms with E-state index in [1.165, 1.54) is 29.2 Å². The summed E-state index contributed by atoms with van der Waals surface area (Å²) in [4.78, 5) is 23.7. The van der Waals surface area contributed by atoms with Gasteiger partial charge in [0.15, 0.2) is 0 Å². The van der Waals surface area contributed by atoms with Crippen LogP contribution in [0, 0.1) is 10.1 Å². The van der Waals surface area contributed by atoms with E-state index in [0.29, 0.717) is 0 Å². The zero-order valence-corrected chi connectivity index (χ0v) is 10.4. The van der Waals surface area contributed by atoms with E-state index in [2.05, 4.69) is 0 Å². The standard InChI is InChI=1S/C12H16N2O4/c1-9(2)13(6-7-15)12(16)10-4-3-5-11(8-10)14(17)18/h3-5,8-9,15H,6-7H2,1-2H3. The molecule has 0 aromatic heterocycles. The Labute approximate surface area is 105 Å². The summed E-state index contributed by atoms with van der Waals surface area (Å²) in [5, 5.41) is 19.6. The molecule has 1 amide bonds. The summed E-state index contributed by atoms with van der Waals surface area (Å²) < 4.78 is 0. The van der Waals surface area contributed by atoms with Crippen molar-refractivity contribution in [3.05, 3.63) is 39.9 Å². The Morgan fingerprint density at radius 3 is 2.67 bits per heavy atom. The summed E-state index contributed by atoms with van der Waals surface area (Å²) in [6, 6.07) is 5.51. The van der Waals surface area contributed by atoms with Gasteiger partial charge in [0.05, 0.1) is 11.5 Å². The van der Waals surface area contributed by atoms with Crippen molar-refractivity contribution in [2.75, 3.05) is 13.2 Å². The number of rotatable bonds is 5. The fraction of sp³-hybridized carbons (Fsp3) is 0.417. The second-order valence-corrected chi connectivity index (χ2v) is 4.12. The summed E-state index contributed by atoms with van der Waals surface area (Å²) in [6.45, 7) is 3.72. The van der Waals surface area contributed by atoms with Gasteiger partial charge in [0.2, 0.25) is 0 Å². The Morgan fingerprint density at radius 2 is 2.17 bits per heavy atom. The van der Waals surface area contributed by atoms with Gasteiger partial charge in [0.1, 0.15) is 0 Å². The third-order valence-electron chi connectivity index (χ3n) is 2.53. The molecule has 0 aliphatic heterocycles. The van der Waals surface area contributed by atoms with Crippen molar-refractivity contribution < 1.29 is 14.8 Å². The number of carbonyl (C=O) groups is 1. The Bertz CT molecular complexity index is 445.